The van der Waals surface area contributed by atoms with Gasteiger partial charge in [-0.1, -0.05) is 32.0 Å². The van der Waals surface area contributed by atoms with Gasteiger partial charge in [-0.05, 0) is 24.0 Å². The number of H-pyrrole nitrogens is 1. The van der Waals surface area contributed by atoms with Crippen LogP contribution in [0.5, 0.6) is 0 Å². The third-order valence-corrected chi connectivity index (χ3v) is 3.62. The minimum absolute atomic E-state index is 0.154. The average Bonchev–Trinajstić information content (AvgIpc) is 2.81. The highest BCUT2D eigenvalue weighted by atomic mass is 16.4. The highest BCUT2D eigenvalue weighted by molar-refractivity contribution is 5.91. The van der Waals surface area contributed by atoms with Crippen LogP contribution in [0.4, 0.5) is 0 Å². The number of aromatic nitrogens is 1. The molecule has 0 saturated carbocycles. The Morgan fingerprint density at radius 2 is 2.05 bits per heavy atom. The van der Waals surface area contributed by atoms with Crippen molar-refractivity contribution in [2.24, 2.45) is 5.92 Å². The topological polar surface area (TPSA) is 73.4 Å². The summed E-state index contributed by atoms with van der Waals surface area (Å²) >= 11 is 0. The van der Waals surface area contributed by atoms with Crippen LogP contribution in [0, 0.1) is 12.8 Å². The Morgan fingerprint density at radius 1 is 1.32 bits per heavy atom. The molecule has 0 radical (unpaired) electrons. The zero-order valence-corrected chi connectivity index (χ0v) is 13.2. The number of carbonyl (C=O) groups is 2. The normalized spacial score (nSPS) is 11.1. The fourth-order valence-electron chi connectivity index (χ4n) is 2.64. The molecule has 5 heteroatoms. The Morgan fingerprint density at radius 3 is 2.68 bits per heavy atom. The standard InChI is InChI=1S/C17H22N2O3/c1-11(2)9-19(10-16(21)22)15(20)7-13-8-18-17-12(3)5-4-6-14(13)17/h4-6,8,11,18H,7,9-10H2,1-3H3,(H,21,22). The SMILES string of the molecule is Cc1cccc2c(CC(=O)N(CC(=O)O)CC(C)C)c[nH]c12. The van der Waals surface area contributed by atoms with Crippen LogP contribution < -0.4 is 0 Å². The number of nitrogens with zero attached hydrogens (tertiary/aromatic N) is 1. The lowest BCUT2D eigenvalue weighted by Gasteiger charge is -2.22. The molecule has 1 heterocycles. The van der Waals surface area contributed by atoms with E-state index in [-0.39, 0.29) is 24.8 Å². The Balaban J connectivity index is 2.20. The number of nitrogens with one attached hydrogen (secondary N) is 1. The van der Waals surface area contributed by atoms with Crippen LogP contribution in [0.2, 0.25) is 0 Å². The van der Waals surface area contributed by atoms with Gasteiger partial charge in [0.05, 0.1) is 6.42 Å². The van der Waals surface area contributed by atoms with E-state index in [9.17, 15) is 9.59 Å². The summed E-state index contributed by atoms with van der Waals surface area (Å²) in [5.74, 6) is -0.907. The molecule has 1 amide bonds. The highest BCUT2D eigenvalue weighted by Gasteiger charge is 2.19. The molecule has 2 rings (SSSR count). The predicted octanol–water partition coefficient (Wildman–Crippen LogP) is 2.59. The number of fused-ring (bicyclic) bond motifs is 1. The highest BCUT2D eigenvalue weighted by Crippen LogP contribution is 2.22. The zero-order chi connectivity index (χ0) is 16.3. The minimum Gasteiger partial charge on any atom is -0.480 e. The number of carboxylic acids is 1. The second-order valence-corrected chi connectivity index (χ2v) is 6.05. The van der Waals surface area contributed by atoms with E-state index in [2.05, 4.69) is 4.98 Å². The number of aromatic amines is 1. The van der Waals surface area contributed by atoms with Gasteiger partial charge in [0.15, 0.2) is 0 Å². The molecule has 0 spiro atoms. The van der Waals surface area contributed by atoms with Gasteiger partial charge in [-0.2, -0.15) is 0 Å². The van der Waals surface area contributed by atoms with Gasteiger partial charge in [0.1, 0.15) is 6.54 Å². The molecule has 2 N–H and O–H groups in total. The monoisotopic (exact) mass is 302 g/mol. The lowest BCUT2D eigenvalue weighted by atomic mass is 10.1. The van der Waals surface area contributed by atoms with E-state index in [0.29, 0.717) is 6.54 Å². The maximum Gasteiger partial charge on any atom is 0.323 e. The molecule has 1 aromatic carbocycles. The quantitative estimate of drug-likeness (QED) is 0.861. The van der Waals surface area contributed by atoms with Crippen molar-refractivity contribution in [3.8, 4) is 0 Å². The number of para-hydroxylation sites is 1. The largest absolute Gasteiger partial charge is 0.480 e. The molecule has 0 fully saturated rings. The number of hydrogen-bond donors (Lipinski definition) is 2. The molecule has 118 valence electrons. The molecule has 0 atom stereocenters. The van der Waals surface area contributed by atoms with Gasteiger partial charge in [0.2, 0.25) is 5.91 Å². The fourth-order valence-corrected chi connectivity index (χ4v) is 2.64. The number of aryl methyl sites for hydroxylation is 1. The van der Waals surface area contributed by atoms with Crippen molar-refractivity contribution >= 4 is 22.8 Å². The second kappa shape index (κ2) is 6.64. The molecule has 22 heavy (non-hydrogen) atoms. The maximum absolute atomic E-state index is 12.5. The van der Waals surface area contributed by atoms with Crippen LogP contribution in [-0.2, 0) is 16.0 Å². The van der Waals surface area contributed by atoms with E-state index in [1.54, 1.807) is 0 Å². The first-order valence-corrected chi connectivity index (χ1v) is 7.43. The van der Waals surface area contributed by atoms with Crippen LogP contribution in [-0.4, -0.2) is 40.0 Å². The Labute approximate surface area is 129 Å². The molecule has 0 aliphatic heterocycles. The van der Waals surface area contributed by atoms with Crippen LogP contribution >= 0.6 is 0 Å². The van der Waals surface area contributed by atoms with Crippen molar-refractivity contribution in [1.29, 1.82) is 0 Å². The van der Waals surface area contributed by atoms with Gasteiger partial charge < -0.3 is 15.0 Å². The molecule has 0 bridgehead atoms. The van der Waals surface area contributed by atoms with Crippen LogP contribution in [0.3, 0.4) is 0 Å². The van der Waals surface area contributed by atoms with Crippen LogP contribution in [0.15, 0.2) is 24.4 Å². The molecule has 0 saturated heterocycles. The van der Waals surface area contributed by atoms with E-state index in [1.807, 2.05) is 45.2 Å². The maximum atomic E-state index is 12.5. The third-order valence-electron chi connectivity index (χ3n) is 3.62. The van der Waals surface area contributed by atoms with Gasteiger partial charge in [-0.25, -0.2) is 0 Å². The lowest BCUT2D eigenvalue weighted by molar-refractivity contribution is -0.144. The summed E-state index contributed by atoms with van der Waals surface area (Å²) in [5.41, 5.74) is 3.06. The molecule has 2 aromatic rings. The Bertz CT molecular complexity index is 688. The zero-order valence-electron chi connectivity index (χ0n) is 13.2. The number of carboxylic acid groups (broad SMARTS) is 1. The number of benzene rings is 1. The first-order valence-electron chi connectivity index (χ1n) is 7.43. The third kappa shape index (κ3) is 3.67. The minimum atomic E-state index is -0.983. The average molecular weight is 302 g/mol. The molecule has 0 aliphatic carbocycles. The summed E-state index contributed by atoms with van der Waals surface area (Å²) in [6.45, 7) is 6.15. The van der Waals surface area contributed by atoms with Gasteiger partial charge in [0, 0.05) is 23.6 Å². The van der Waals surface area contributed by atoms with Gasteiger partial charge in [-0.3, -0.25) is 9.59 Å². The van der Waals surface area contributed by atoms with Gasteiger partial charge >= 0.3 is 5.97 Å². The molecular weight excluding hydrogens is 280 g/mol. The number of amides is 1. The van der Waals surface area contributed by atoms with Crippen molar-refractivity contribution in [2.45, 2.75) is 27.2 Å². The molecule has 5 nitrogen and oxygen atoms in total. The van der Waals surface area contributed by atoms with E-state index in [4.69, 9.17) is 5.11 Å². The number of rotatable bonds is 6. The van der Waals surface area contributed by atoms with Crippen molar-refractivity contribution in [2.75, 3.05) is 13.1 Å². The molecule has 1 aromatic heterocycles. The van der Waals surface area contributed by atoms with Crippen molar-refractivity contribution in [3.63, 3.8) is 0 Å². The molecule has 0 unspecified atom stereocenters. The first kappa shape index (κ1) is 16.1. The number of aliphatic carboxylic acids is 1. The van der Waals surface area contributed by atoms with Crippen LogP contribution in [0.1, 0.15) is 25.0 Å². The van der Waals surface area contributed by atoms with E-state index < -0.39 is 5.97 Å². The lowest BCUT2D eigenvalue weighted by Crippen LogP contribution is -2.39. The number of hydrogen-bond acceptors (Lipinski definition) is 2. The van der Waals surface area contributed by atoms with E-state index >= 15 is 0 Å². The van der Waals surface area contributed by atoms with E-state index in [0.717, 1.165) is 22.0 Å². The van der Waals surface area contributed by atoms with Crippen molar-refractivity contribution in [3.05, 3.63) is 35.5 Å². The fraction of sp³-hybridized carbons (Fsp3) is 0.412. The Hall–Kier alpha value is -2.30. The second-order valence-electron chi connectivity index (χ2n) is 6.05. The first-order chi connectivity index (χ1) is 10.4. The Kier molecular flexibility index (Phi) is 4.85. The molecule has 0 aliphatic rings. The van der Waals surface area contributed by atoms with Crippen molar-refractivity contribution < 1.29 is 14.7 Å². The van der Waals surface area contributed by atoms with Crippen molar-refractivity contribution in [1.82, 2.24) is 9.88 Å². The smallest absolute Gasteiger partial charge is 0.323 e. The summed E-state index contributed by atoms with van der Waals surface area (Å²) in [5, 5.41) is 10.0. The summed E-state index contributed by atoms with van der Waals surface area (Å²) in [6, 6.07) is 5.95. The number of carbonyl (C=O) groups excluding carboxylic acids is 1. The summed E-state index contributed by atoms with van der Waals surface area (Å²) in [7, 11) is 0. The van der Waals surface area contributed by atoms with Crippen LogP contribution in [0.25, 0.3) is 10.9 Å². The van der Waals surface area contributed by atoms with Gasteiger partial charge in [0.25, 0.3) is 0 Å². The predicted molar refractivity (Wildman–Crippen MR) is 85.8 cm³/mol. The summed E-state index contributed by atoms with van der Waals surface area (Å²) in [6.07, 6.45) is 2.05. The summed E-state index contributed by atoms with van der Waals surface area (Å²) in [4.78, 5) is 28.0. The van der Waals surface area contributed by atoms with Gasteiger partial charge in [-0.15, -0.1) is 0 Å². The summed E-state index contributed by atoms with van der Waals surface area (Å²) < 4.78 is 0. The van der Waals surface area contributed by atoms with E-state index in [1.165, 1.54) is 4.90 Å². The molecular formula is C17H22N2O3.